The number of nitrogens with two attached hydrogens (primary N) is 1. The molecular formula is C14H14IN3S. The van der Waals surface area contributed by atoms with Crippen LogP contribution in [0.5, 0.6) is 0 Å². The molecule has 98 valence electrons. The SMILES string of the molecule is Cc1nn(C(C)c2cc3ccccc3s2)c(N)c1I. The standard InChI is InChI=1S/C14H14IN3S/c1-8-13(15)14(16)18(17-8)9(2)12-7-10-5-3-4-6-11(10)19-12/h3-7,9H,16H2,1-2H3. The fourth-order valence-electron chi connectivity index (χ4n) is 2.17. The van der Waals surface area contributed by atoms with Gasteiger partial charge in [-0.05, 0) is 54.0 Å². The quantitative estimate of drug-likeness (QED) is 0.674. The van der Waals surface area contributed by atoms with Gasteiger partial charge < -0.3 is 5.73 Å². The number of nitrogen functional groups attached to an aromatic ring is 1. The van der Waals surface area contributed by atoms with Crippen molar-refractivity contribution >= 4 is 49.8 Å². The molecule has 1 aromatic carbocycles. The van der Waals surface area contributed by atoms with E-state index in [-0.39, 0.29) is 6.04 Å². The summed E-state index contributed by atoms with van der Waals surface area (Å²) in [6.45, 7) is 4.13. The number of hydrogen-bond donors (Lipinski definition) is 1. The maximum absolute atomic E-state index is 6.13. The molecule has 19 heavy (non-hydrogen) atoms. The molecule has 1 unspecified atom stereocenters. The molecule has 3 rings (SSSR count). The molecule has 0 saturated heterocycles. The molecule has 5 heteroatoms. The van der Waals surface area contributed by atoms with Crippen LogP contribution in [0.15, 0.2) is 30.3 Å². The van der Waals surface area contributed by atoms with E-state index in [4.69, 9.17) is 5.73 Å². The van der Waals surface area contributed by atoms with Crippen molar-refractivity contribution < 1.29 is 0 Å². The van der Waals surface area contributed by atoms with Gasteiger partial charge in [0, 0.05) is 9.58 Å². The average Bonchev–Trinajstić information content (AvgIpc) is 2.95. The largest absolute Gasteiger partial charge is 0.383 e. The molecule has 0 saturated carbocycles. The summed E-state index contributed by atoms with van der Waals surface area (Å²) in [7, 11) is 0. The highest BCUT2D eigenvalue weighted by atomic mass is 127. The third kappa shape index (κ3) is 2.14. The summed E-state index contributed by atoms with van der Waals surface area (Å²) in [5.41, 5.74) is 7.13. The fraction of sp³-hybridized carbons (Fsp3) is 0.214. The van der Waals surface area contributed by atoms with E-state index in [1.54, 1.807) is 11.3 Å². The highest BCUT2D eigenvalue weighted by molar-refractivity contribution is 14.1. The topological polar surface area (TPSA) is 43.8 Å². The molecule has 2 heterocycles. The number of aryl methyl sites for hydroxylation is 1. The van der Waals surface area contributed by atoms with Crippen LogP contribution in [0.25, 0.3) is 10.1 Å². The minimum absolute atomic E-state index is 0.166. The molecule has 3 aromatic rings. The monoisotopic (exact) mass is 383 g/mol. The summed E-state index contributed by atoms with van der Waals surface area (Å²) >= 11 is 4.06. The van der Waals surface area contributed by atoms with Crippen LogP contribution in [0.3, 0.4) is 0 Å². The van der Waals surface area contributed by atoms with Crippen molar-refractivity contribution in [3.63, 3.8) is 0 Å². The predicted molar refractivity (Wildman–Crippen MR) is 89.7 cm³/mol. The van der Waals surface area contributed by atoms with Crippen molar-refractivity contribution in [3.8, 4) is 0 Å². The zero-order valence-corrected chi connectivity index (χ0v) is 13.7. The van der Waals surface area contributed by atoms with Crippen LogP contribution in [-0.4, -0.2) is 9.78 Å². The Morgan fingerprint density at radius 2 is 2.11 bits per heavy atom. The Balaban J connectivity index is 2.07. The van der Waals surface area contributed by atoms with Gasteiger partial charge in [-0.1, -0.05) is 18.2 Å². The average molecular weight is 383 g/mol. The van der Waals surface area contributed by atoms with Crippen molar-refractivity contribution in [2.75, 3.05) is 5.73 Å². The molecule has 0 radical (unpaired) electrons. The first-order chi connectivity index (χ1) is 9.08. The summed E-state index contributed by atoms with van der Waals surface area (Å²) in [6.07, 6.45) is 0. The Labute approximate surface area is 129 Å². The Bertz CT molecular complexity index is 711. The van der Waals surface area contributed by atoms with Gasteiger partial charge in [0.2, 0.25) is 0 Å². The number of hydrogen-bond acceptors (Lipinski definition) is 3. The molecule has 0 spiro atoms. The van der Waals surface area contributed by atoms with Gasteiger partial charge in [-0.3, -0.25) is 0 Å². The number of fused-ring (bicyclic) bond motifs is 1. The molecule has 0 bridgehead atoms. The zero-order chi connectivity index (χ0) is 13.6. The second-order valence-corrected chi connectivity index (χ2v) is 6.79. The second-order valence-electron chi connectivity index (χ2n) is 4.59. The summed E-state index contributed by atoms with van der Waals surface area (Å²) < 4.78 is 4.27. The van der Waals surface area contributed by atoms with E-state index in [1.807, 2.05) is 11.6 Å². The molecule has 2 aromatic heterocycles. The van der Waals surface area contributed by atoms with Gasteiger partial charge in [-0.15, -0.1) is 11.3 Å². The van der Waals surface area contributed by atoms with Crippen LogP contribution in [0.4, 0.5) is 5.82 Å². The van der Waals surface area contributed by atoms with E-state index in [9.17, 15) is 0 Å². The third-order valence-electron chi connectivity index (χ3n) is 3.27. The van der Waals surface area contributed by atoms with Crippen molar-refractivity contribution in [2.45, 2.75) is 19.9 Å². The van der Waals surface area contributed by atoms with Gasteiger partial charge in [0.15, 0.2) is 0 Å². The van der Waals surface area contributed by atoms with E-state index >= 15 is 0 Å². The molecule has 0 fully saturated rings. The van der Waals surface area contributed by atoms with Crippen molar-refractivity contribution in [2.24, 2.45) is 0 Å². The Hall–Kier alpha value is -1.08. The van der Waals surface area contributed by atoms with Crippen LogP contribution >= 0.6 is 33.9 Å². The Morgan fingerprint density at radius 3 is 2.74 bits per heavy atom. The number of nitrogens with zero attached hydrogens (tertiary/aromatic N) is 2. The van der Waals surface area contributed by atoms with Crippen LogP contribution in [0.1, 0.15) is 23.5 Å². The lowest BCUT2D eigenvalue weighted by atomic mass is 10.2. The van der Waals surface area contributed by atoms with Crippen LogP contribution in [-0.2, 0) is 0 Å². The summed E-state index contributed by atoms with van der Waals surface area (Å²) in [6, 6.07) is 10.8. The minimum Gasteiger partial charge on any atom is -0.383 e. The van der Waals surface area contributed by atoms with Gasteiger partial charge in [0.1, 0.15) is 5.82 Å². The predicted octanol–water partition coefficient (Wildman–Crippen LogP) is 4.20. The van der Waals surface area contributed by atoms with Crippen LogP contribution in [0.2, 0.25) is 0 Å². The van der Waals surface area contributed by atoms with Crippen molar-refractivity contribution in [1.82, 2.24) is 9.78 Å². The number of anilines is 1. The van der Waals surface area contributed by atoms with E-state index < -0.39 is 0 Å². The van der Waals surface area contributed by atoms with Crippen LogP contribution < -0.4 is 5.73 Å². The maximum atomic E-state index is 6.13. The van der Waals surface area contributed by atoms with Gasteiger partial charge in [0.05, 0.1) is 15.3 Å². The highest BCUT2D eigenvalue weighted by Crippen LogP contribution is 2.33. The number of thiophene rings is 1. The molecule has 0 amide bonds. The number of benzene rings is 1. The van der Waals surface area contributed by atoms with Gasteiger partial charge >= 0.3 is 0 Å². The van der Waals surface area contributed by atoms with E-state index in [1.165, 1.54) is 15.0 Å². The van der Waals surface area contributed by atoms with Gasteiger partial charge in [-0.2, -0.15) is 5.10 Å². The summed E-state index contributed by atoms with van der Waals surface area (Å²) in [5, 5.41) is 5.83. The van der Waals surface area contributed by atoms with Crippen LogP contribution in [0, 0.1) is 10.5 Å². The zero-order valence-electron chi connectivity index (χ0n) is 10.7. The summed E-state index contributed by atoms with van der Waals surface area (Å²) in [5.74, 6) is 0.753. The lowest BCUT2D eigenvalue weighted by Crippen LogP contribution is -2.10. The number of halogens is 1. The maximum Gasteiger partial charge on any atom is 0.136 e. The molecular weight excluding hydrogens is 369 g/mol. The molecule has 0 aliphatic heterocycles. The van der Waals surface area contributed by atoms with Gasteiger partial charge in [-0.25, -0.2) is 4.68 Å². The minimum atomic E-state index is 0.166. The van der Waals surface area contributed by atoms with Crippen molar-refractivity contribution in [3.05, 3.63) is 44.5 Å². The number of aromatic nitrogens is 2. The van der Waals surface area contributed by atoms with E-state index in [2.05, 4.69) is 64.9 Å². The molecule has 0 aliphatic carbocycles. The second kappa shape index (κ2) is 4.79. The van der Waals surface area contributed by atoms with Crippen molar-refractivity contribution in [1.29, 1.82) is 0 Å². The van der Waals surface area contributed by atoms with E-state index in [0.717, 1.165) is 15.1 Å². The molecule has 3 nitrogen and oxygen atoms in total. The lowest BCUT2D eigenvalue weighted by Gasteiger charge is -2.11. The molecule has 1 atom stereocenters. The first-order valence-electron chi connectivity index (χ1n) is 6.06. The van der Waals surface area contributed by atoms with Gasteiger partial charge in [0.25, 0.3) is 0 Å². The Morgan fingerprint density at radius 1 is 1.37 bits per heavy atom. The first-order valence-corrected chi connectivity index (χ1v) is 7.96. The molecule has 0 aliphatic rings. The molecule has 2 N–H and O–H groups in total. The first kappa shape index (κ1) is 12.9. The fourth-order valence-corrected chi connectivity index (χ4v) is 3.63. The lowest BCUT2D eigenvalue weighted by molar-refractivity contribution is 0.577. The smallest absolute Gasteiger partial charge is 0.136 e. The van der Waals surface area contributed by atoms with E-state index in [0.29, 0.717) is 0 Å². The number of rotatable bonds is 2. The normalized spacial score (nSPS) is 13.0. The third-order valence-corrected chi connectivity index (χ3v) is 5.89. The Kier molecular flexibility index (Phi) is 3.26. The summed E-state index contributed by atoms with van der Waals surface area (Å²) in [4.78, 5) is 1.28. The highest BCUT2D eigenvalue weighted by Gasteiger charge is 2.18.